The largest absolute Gasteiger partial charge is 0.480 e. The molecule has 1 fully saturated rings. The first-order chi connectivity index (χ1) is 8.36. The van der Waals surface area contributed by atoms with Gasteiger partial charge in [-0.25, -0.2) is 9.59 Å². The molecule has 0 aliphatic carbocycles. The van der Waals surface area contributed by atoms with Crippen LogP contribution in [0, 0.1) is 5.92 Å². The molecule has 0 aromatic heterocycles. The molecule has 0 spiro atoms. The molecule has 0 saturated carbocycles. The van der Waals surface area contributed by atoms with E-state index in [1.165, 1.54) is 0 Å². The predicted octanol–water partition coefficient (Wildman–Crippen LogP) is 0.441. The van der Waals surface area contributed by atoms with Gasteiger partial charge in [0.2, 0.25) is 0 Å². The summed E-state index contributed by atoms with van der Waals surface area (Å²) in [5, 5.41) is 11.5. The van der Waals surface area contributed by atoms with E-state index in [-0.39, 0.29) is 6.03 Å². The monoisotopic (exact) mass is 257 g/mol. The second kappa shape index (κ2) is 6.04. The van der Waals surface area contributed by atoms with Gasteiger partial charge in [-0.15, -0.1) is 0 Å². The Morgan fingerprint density at radius 1 is 1.44 bits per heavy atom. The van der Waals surface area contributed by atoms with Crippen molar-refractivity contribution >= 4 is 12.0 Å². The van der Waals surface area contributed by atoms with Gasteiger partial charge >= 0.3 is 12.0 Å². The fourth-order valence-corrected chi connectivity index (χ4v) is 2.37. The zero-order valence-electron chi connectivity index (χ0n) is 11.5. The van der Waals surface area contributed by atoms with E-state index in [0.717, 1.165) is 0 Å². The van der Waals surface area contributed by atoms with E-state index in [1.54, 1.807) is 11.8 Å². The average molecular weight is 257 g/mol. The number of carbonyl (C=O) groups excluding carboxylic acids is 1. The van der Waals surface area contributed by atoms with Crippen LogP contribution < -0.4 is 5.32 Å². The molecule has 0 aromatic rings. The zero-order chi connectivity index (χ0) is 13.9. The fraction of sp³-hybridized carbons (Fsp3) is 0.833. The van der Waals surface area contributed by atoms with Gasteiger partial charge in [0.25, 0.3) is 0 Å². The van der Waals surface area contributed by atoms with Crippen LogP contribution in [0.2, 0.25) is 0 Å². The number of carboxylic acids is 1. The highest BCUT2D eigenvalue weighted by molar-refractivity contribution is 5.82. The highest BCUT2D eigenvalue weighted by Gasteiger charge is 2.34. The smallest absolute Gasteiger partial charge is 0.326 e. The standard InChI is InChI=1S/C12H23N3O3/c1-5-9(11(16)17)13-12(18)15-6-8(2)10(7-15)14(3)4/h8-10H,5-7H2,1-4H3,(H,13,18)(H,16,17)/t8?,9-,10?/m1/s1. The Morgan fingerprint density at radius 3 is 2.44 bits per heavy atom. The van der Waals surface area contributed by atoms with Crippen molar-refractivity contribution in [3.8, 4) is 0 Å². The first kappa shape index (κ1) is 14.8. The van der Waals surface area contributed by atoms with E-state index < -0.39 is 12.0 Å². The predicted molar refractivity (Wildman–Crippen MR) is 68.5 cm³/mol. The molecule has 3 atom stereocenters. The average Bonchev–Trinajstić information content (AvgIpc) is 2.67. The van der Waals surface area contributed by atoms with E-state index in [1.807, 2.05) is 14.1 Å². The van der Waals surface area contributed by atoms with Gasteiger partial charge in [-0.05, 0) is 26.4 Å². The topological polar surface area (TPSA) is 72.9 Å². The number of hydrogen-bond donors (Lipinski definition) is 2. The minimum Gasteiger partial charge on any atom is -0.480 e. The fourth-order valence-electron chi connectivity index (χ4n) is 2.37. The summed E-state index contributed by atoms with van der Waals surface area (Å²) < 4.78 is 0. The third-order valence-corrected chi connectivity index (χ3v) is 3.53. The lowest BCUT2D eigenvalue weighted by molar-refractivity contribution is -0.139. The molecule has 0 radical (unpaired) electrons. The summed E-state index contributed by atoms with van der Waals surface area (Å²) in [6.07, 6.45) is 0.390. The van der Waals surface area contributed by atoms with Crippen molar-refractivity contribution in [1.29, 1.82) is 0 Å². The number of nitrogens with zero attached hydrogens (tertiary/aromatic N) is 2. The van der Waals surface area contributed by atoms with Gasteiger partial charge in [0, 0.05) is 19.1 Å². The number of rotatable bonds is 4. The van der Waals surface area contributed by atoms with Crippen molar-refractivity contribution < 1.29 is 14.7 Å². The van der Waals surface area contributed by atoms with Gasteiger partial charge in [-0.1, -0.05) is 13.8 Å². The van der Waals surface area contributed by atoms with Crippen molar-refractivity contribution in [2.45, 2.75) is 32.4 Å². The Balaban J connectivity index is 2.56. The van der Waals surface area contributed by atoms with E-state index in [9.17, 15) is 9.59 Å². The molecule has 1 aliphatic heterocycles. The van der Waals surface area contributed by atoms with Crippen molar-refractivity contribution in [1.82, 2.24) is 15.1 Å². The van der Waals surface area contributed by atoms with Crippen LogP contribution in [0.25, 0.3) is 0 Å². The number of aliphatic carboxylic acids is 1. The summed E-state index contributed by atoms with van der Waals surface area (Å²) >= 11 is 0. The van der Waals surface area contributed by atoms with E-state index in [2.05, 4.69) is 17.1 Å². The molecule has 1 saturated heterocycles. The lowest BCUT2D eigenvalue weighted by atomic mass is 10.1. The number of nitrogens with one attached hydrogen (secondary N) is 1. The Hall–Kier alpha value is -1.30. The number of likely N-dealkylation sites (N-methyl/N-ethyl adjacent to an activating group) is 1. The van der Waals surface area contributed by atoms with Crippen molar-refractivity contribution in [2.24, 2.45) is 5.92 Å². The molecular weight excluding hydrogens is 234 g/mol. The molecule has 104 valence electrons. The van der Waals surface area contributed by atoms with Crippen molar-refractivity contribution in [3.63, 3.8) is 0 Å². The molecule has 1 rings (SSSR count). The normalized spacial score (nSPS) is 25.3. The molecule has 6 nitrogen and oxygen atoms in total. The molecule has 2 amide bonds. The number of likely N-dealkylation sites (tertiary alicyclic amines) is 1. The van der Waals surface area contributed by atoms with E-state index in [4.69, 9.17) is 5.11 Å². The summed E-state index contributed by atoms with van der Waals surface area (Å²) in [6, 6.07) is -0.743. The number of hydrogen-bond acceptors (Lipinski definition) is 3. The molecule has 0 aromatic carbocycles. The molecule has 6 heteroatoms. The molecule has 18 heavy (non-hydrogen) atoms. The third-order valence-electron chi connectivity index (χ3n) is 3.53. The molecule has 1 heterocycles. The van der Waals surface area contributed by atoms with Crippen LogP contribution >= 0.6 is 0 Å². The summed E-state index contributed by atoms with van der Waals surface area (Å²) in [7, 11) is 3.99. The van der Waals surface area contributed by atoms with Gasteiger partial charge in [-0.3, -0.25) is 0 Å². The van der Waals surface area contributed by atoms with Gasteiger partial charge in [0.1, 0.15) is 6.04 Å². The SMILES string of the molecule is CC[C@@H](NC(=O)N1CC(C)C(N(C)C)C1)C(=O)O. The first-order valence-corrected chi connectivity index (χ1v) is 6.31. The zero-order valence-corrected chi connectivity index (χ0v) is 11.5. The molecule has 1 aliphatic rings. The van der Waals surface area contributed by atoms with Crippen LogP contribution in [0.1, 0.15) is 20.3 Å². The van der Waals surface area contributed by atoms with Crippen LogP contribution in [-0.2, 0) is 4.79 Å². The molecule has 0 bridgehead atoms. The van der Waals surface area contributed by atoms with Crippen LogP contribution in [0.3, 0.4) is 0 Å². The summed E-state index contributed by atoms with van der Waals surface area (Å²) in [6.45, 7) is 5.17. The van der Waals surface area contributed by atoms with Crippen LogP contribution in [0.4, 0.5) is 4.79 Å². The third kappa shape index (κ3) is 3.35. The summed E-state index contributed by atoms with van der Waals surface area (Å²) in [5.41, 5.74) is 0. The molecule has 2 unspecified atom stereocenters. The number of amides is 2. The second-order valence-corrected chi connectivity index (χ2v) is 5.16. The number of carboxylic acid groups (broad SMARTS) is 1. The Labute approximate surface area is 108 Å². The van der Waals surface area contributed by atoms with Crippen LogP contribution in [-0.4, -0.2) is 66.2 Å². The Bertz CT molecular complexity index is 320. The number of urea groups is 1. The molecule has 2 N–H and O–H groups in total. The van der Waals surface area contributed by atoms with E-state index >= 15 is 0 Å². The second-order valence-electron chi connectivity index (χ2n) is 5.16. The summed E-state index contributed by atoms with van der Waals surface area (Å²) in [4.78, 5) is 26.6. The Morgan fingerprint density at radius 2 is 2.06 bits per heavy atom. The minimum absolute atomic E-state index is 0.277. The highest BCUT2D eigenvalue weighted by atomic mass is 16.4. The van der Waals surface area contributed by atoms with Crippen molar-refractivity contribution in [2.75, 3.05) is 27.2 Å². The lowest BCUT2D eigenvalue weighted by Gasteiger charge is -2.23. The van der Waals surface area contributed by atoms with Crippen molar-refractivity contribution in [3.05, 3.63) is 0 Å². The molecular formula is C12H23N3O3. The quantitative estimate of drug-likeness (QED) is 0.766. The highest BCUT2D eigenvalue weighted by Crippen LogP contribution is 2.19. The Kier molecular flexibility index (Phi) is 4.95. The maximum Gasteiger partial charge on any atom is 0.326 e. The lowest BCUT2D eigenvalue weighted by Crippen LogP contribution is -2.47. The van der Waals surface area contributed by atoms with Gasteiger partial charge in [-0.2, -0.15) is 0 Å². The van der Waals surface area contributed by atoms with E-state index in [0.29, 0.717) is 31.5 Å². The van der Waals surface area contributed by atoms with Crippen LogP contribution in [0.5, 0.6) is 0 Å². The van der Waals surface area contributed by atoms with Gasteiger partial charge in [0.15, 0.2) is 0 Å². The van der Waals surface area contributed by atoms with Gasteiger partial charge in [0.05, 0.1) is 0 Å². The maximum atomic E-state index is 12.0. The van der Waals surface area contributed by atoms with Crippen LogP contribution in [0.15, 0.2) is 0 Å². The number of carbonyl (C=O) groups is 2. The maximum absolute atomic E-state index is 12.0. The first-order valence-electron chi connectivity index (χ1n) is 6.31. The summed E-state index contributed by atoms with van der Waals surface area (Å²) in [5.74, 6) is -0.585. The van der Waals surface area contributed by atoms with Gasteiger partial charge < -0.3 is 20.2 Å². The minimum atomic E-state index is -0.984.